The zero-order chi connectivity index (χ0) is 21.4. The van der Waals surface area contributed by atoms with Gasteiger partial charge in [0.05, 0.1) is 12.2 Å². The Morgan fingerprint density at radius 1 is 0.931 bits per heavy atom. The minimum atomic E-state index is -3.44. The molecule has 0 aromatic carbocycles. The molecule has 0 aliphatic carbocycles. The second-order valence-electron chi connectivity index (χ2n) is 8.60. The summed E-state index contributed by atoms with van der Waals surface area (Å²) in [5, 5.41) is 0. The third-order valence-electron chi connectivity index (χ3n) is 6.06. The summed E-state index contributed by atoms with van der Waals surface area (Å²) in [6, 6.07) is 0. The summed E-state index contributed by atoms with van der Waals surface area (Å²) in [5.74, 6) is 0.213. The molecule has 1 aliphatic rings. The van der Waals surface area contributed by atoms with Crippen molar-refractivity contribution in [2.75, 3.05) is 7.11 Å². The molecule has 4 nitrogen and oxygen atoms in total. The maximum absolute atomic E-state index is 12.8. The van der Waals surface area contributed by atoms with E-state index in [1.807, 2.05) is 6.08 Å². The van der Waals surface area contributed by atoms with Gasteiger partial charge in [0.15, 0.2) is 0 Å². The minimum Gasteiger partial charge on any atom is -0.290 e. The molecule has 0 saturated carbocycles. The van der Waals surface area contributed by atoms with Gasteiger partial charge in [-0.2, -0.15) is 0 Å². The SMILES string of the molecule is C=CC(CCCCCC)C1CC(CCCCCCCCCCC)OP(=O)(OC)O1. The molecule has 5 heteroatoms. The summed E-state index contributed by atoms with van der Waals surface area (Å²) >= 11 is 0. The number of hydrogen-bond acceptors (Lipinski definition) is 4. The quantitative estimate of drug-likeness (QED) is 0.124. The maximum atomic E-state index is 12.8. The van der Waals surface area contributed by atoms with E-state index in [1.54, 1.807) is 0 Å². The van der Waals surface area contributed by atoms with E-state index in [9.17, 15) is 4.57 Å². The number of phosphoric acid groups is 1. The van der Waals surface area contributed by atoms with Crippen molar-refractivity contribution in [2.45, 2.75) is 129 Å². The first kappa shape index (κ1) is 26.9. The van der Waals surface area contributed by atoms with E-state index in [0.29, 0.717) is 0 Å². The molecule has 0 aromatic rings. The van der Waals surface area contributed by atoms with Gasteiger partial charge in [-0.1, -0.05) is 103 Å². The third-order valence-corrected chi connectivity index (χ3v) is 7.59. The fourth-order valence-electron chi connectivity index (χ4n) is 4.17. The summed E-state index contributed by atoms with van der Waals surface area (Å²) in [4.78, 5) is 0. The van der Waals surface area contributed by atoms with E-state index in [2.05, 4.69) is 20.4 Å². The molecule has 0 amide bonds. The predicted molar refractivity (Wildman–Crippen MR) is 123 cm³/mol. The molecule has 0 N–H and O–H groups in total. The topological polar surface area (TPSA) is 44.8 Å². The van der Waals surface area contributed by atoms with Gasteiger partial charge in [-0.25, -0.2) is 4.57 Å². The van der Waals surface area contributed by atoms with Gasteiger partial charge in [0.25, 0.3) is 0 Å². The average Bonchev–Trinajstić information content (AvgIpc) is 2.72. The van der Waals surface area contributed by atoms with Crippen molar-refractivity contribution in [3.05, 3.63) is 12.7 Å². The zero-order valence-corrected chi connectivity index (χ0v) is 20.3. The lowest BCUT2D eigenvalue weighted by Crippen LogP contribution is -2.33. The van der Waals surface area contributed by atoms with Gasteiger partial charge in [0.2, 0.25) is 0 Å². The maximum Gasteiger partial charge on any atom is 0.475 e. The van der Waals surface area contributed by atoms with Gasteiger partial charge in [-0.05, 0) is 12.8 Å². The molecule has 29 heavy (non-hydrogen) atoms. The standard InChI is InChI=1S/C24H47O4P/c1-5-8-10-12-13-14-15-16-18-20-23-21-24(28-29(25,26-4)27-23)22(7-3)19-17-11-9-6-2/h7,22-24H,3,5-6,8-21H2,1-2,4H3. The van der Waals surface area contributed by atoms with E-state index < -0.39 is 7.82 Å². The van der Waals surface area contributed by atoms with Crippen molar-refractivity contribution in [3.8, 4) is 0 Å². The summed E-state index contributed by atoms with van der Waals surface area (Å²) < 4.78 is 29.5. The lowest BCUT2D eigenvalue weighted by atomic mass is 9.90. The molecular weight excluding hydrogens is 383 g/mol. The van der Waals surface area contributed by atoms with Gasteiger partial charge in [0.1, 0.15) is 0 Å². The van der Waals surface area contributed by atoms with E-state index >= 15 is 0 Å². The Labute approximate surface area is 180 Å². The smallest absolute Gasteiger partial charge is 0.290 e. The van der Waals surface area contributed by atoms with Crippen LogP contribution >= 0.6 is 7.82 Å². The molecule has 1 aliphatic heterocycles. The van der Waals surface area contributed by atoms with E-state index in [1.165, 1.54) is 77.7 Å². The third kappa shape index (κ3) is 11.7. The van der Waals surface area contributed by atoms with Gasteiger partial charge < -0.3 is 0 Å². The highest BCUT2D eigenvalue weighted by atomic mass is 31.2. The van der Waals surface area contributed by atoms with E-state index in [0.717, 1.165) is 32.1 Å². The van der Waals surface area contributed by atoms with Crippen molar-refractivity contribution >= 4 is 7.82 Å². The number of rotatable bonds is 18. The van der Waals surface area contributed by atoms with Crippen LogP contribution in [0.3, 0.4) is 0 Å². The van der Waals surface area contributed by atoms with Crippen LogP contribution in [0.1, 0.15) is 117 Å². The molecule has 1 heterocycles. The Hall–Kier alpha value is -0.150. The summed E-state index contributed by atoms with van der Waals surface area (Å²) in [6.45, 7) is 8.48. The fraction of sp³-hybridized carbons (Fsp3) is 0.917. The lowest BCUT2D eigenvalue weighted by Gasteiger charge is -2.36. The lowest BCUT2D eigenvalue weighted by molar-refractivity contribution is -0.0243. The van der Waals surface area contributed by atoms with Crippen molar-refractivity contribution in [3.63, 3.8) is 0 Å². The minimum absolute atomic E-state index is 0.0396. The van der Waals surface area contributed by atoms with Crippen LogP contribution in [0.2, 0.25) is 0 Å². The Balaban J connectivity index is 2.37. The van der Waals surface area contributed by atoms with Crippen LogP contribution in [0.25, 0.3) is 0 Å². The van der Waals surface area contributed by atoms with Gasteiger partial charge in [0, 0.05) is 19.4 Å². The van der Waals surface area contributed by atoms with Crippen LogP contribution in [0.4, 0.5) is 0 Å². The molecule has 0 spiro atoms. The van der Waals surface area contributed by atoms with Crippen LogP contribution in [-0.4, -0.2) is 19.3 Å². The number of hydrogen-bond donors (Lipinski definition) is 0. The highest BCUT2D eigenvalue weighted by Crippen LogP contribution is 2.56. The Morgan fingerprint density at radius 3 is 2.03 bits per heavy atom. The van der Waals surface area contributed by atoms with Gasteiger partial charge >= 0.3 is 7.82 Å². The summed E-state index contributed by atoms with van der Waals surface area (Å²) in [5.41, 5.74) is 0. The zero-order valence-electron chi connectivity index (χ0n) is 19.4. The molecule has 0 aromatic heterocycles. The molecule has 1 fully saturated rings. The molecule has 4 atom stereocenters. The van der Waals surface area contributed by atoms with Crippen molar-refractivity contribution < 1.29 is 18.1 Å². The fourth-order valence-corrected chi connectivity index (χ4v) is 5.53. The van der Waals surface area contributed by atoms with E-state index in [4.69, 9.17) is 13.6 Å². The largest absolute Gasteiger partial charge is 0.475 e. The van der Waals surface area contributed by atoms with Crippen LogP contribution in [0.5, 0.6) is 0 Å². The average molecular weight is 431 g/mol. The first-order valence-corrected chi connectivity index (χ1v) is 13.7. The van der Waals surface area contributed by atoms with Crippen molar-refractivity contribution in [2.24, 2.45) is 5.92 Å². The second-order valence-corrected chi connectivity index (χ2v) is 10.3. The highest BCUT2D eigenvalue weighted by molar-refractivity contribution is 7.48. The molecule has 172 valence electrons. The summed E-state index contributed by atoms with van der Waals surface area (Å²) in [6.07, 6.45) is 21.2. The van der Waals surface area contributed by atoms with Crippen LogP contribution in [0.15, 0.2) is 12.7 Å². The first-order valence-electron chi connectivity index (χ1n) is 12.2. The molecule has 1 saturated heterocycles. The Bertz CT molecular complexity index is 454. The molecule has 0 radical (unpaired) electrons. The molecule has 4 unspecified atom stereocenters. The first-order chi connectivity index (χ1) is 14.1. The van der Waals surface area contributed by atoms with Crippen LogP contribution < -0.4 is 0 Å². The monoisotopic (exact) mass is 430 g/mol. The van der Waals surface area contributed by atoms with Crippen LogP contribution in [0, 0.1) is 5.92 Å². The van der Waals surface area contributed by atoms with Crippen molar-refractivity contribution in [1.29, 1.82) is 0 Å². The predicted octanol–water partition coefficient (Wildman–Crippen LogP) is 8.61. The Morgan fingerprint density at radius 2 is 1.48 bits per heavy atom. The van der Waals surface area contributed by atoms with Crippen LogP contribution in [-0.2, 0) is 18.1 Å². The molecule has 0 bridgehead atoms. The molecular formula is C24H47O4P. The summed E-state index contributed by atoms with van der Waals surface area (Å²) in [7, 11) is -2.02. The van der Waals surface area contributed by atoms with E-state index in [-0.39, 0.29) is 18.1 Å². The second kappa shape index (κ2) is 16.5. The normalized spacial score (nSPS) is 25.8. The van der Waals surface area contributed by atoms with Crippen molar-refractivity contribution in [1.82, 2.24) is 0 Å². The Kier molecular flexibility index (Phi) is 15.3. The van der Waals surface area contributed by atoms with Gasteiger partial charge in [-0.3, -0.25) is 13.6 Å². The highest BCUT2D eigenvalue weighted by Gasteiger charge is 2.41. The van der Waals surface area contributed by atoms with Gasteiger partial charge in [-0.15, -0.1) is 6.58 Å². The number of unbranched alkanes of at least 4 members (excludes halogenated alkanes) is 11. The molecule has 1 rings (SSSR count). The number of phosphoric ester groups is 1.